The highest BCUT2D eigenvalue weighted by Gasteiger charge is 2.56. The fourth-order valence-electron chi connectivity index (χ4n) is 3.03. The minimum atomic E-state index is -1.90. The van der Waals surface area contributed by atoms with E-state index < -0.39 is 65.7 Å². The number of hydrogen-bond donors (Lipinski definition) is 0. The maximum Gasteiger partial charge on any atom is 0.516 e. The Balaban J connectivity index is 2.36. The molecule has 1 fully saturated rings. The second-order valence-electron chi connectivity index (χ2n) is 6.89. The smallest absolute Gasteiger partial charge is 0.467 e. The first-order chi connectivity index (χ1) is 16.4. The molecule has 15 nitrogen and oxygen atoms in total. The first kappa shape index (κ1) is 27.0. The van der Waals surface area contributed by atoms with Crippen molar-refractivity contribution in [3.05, 3.63) is 34.4 Å². The normalized spacial score (nSPS) is 23.3. The summed E-state index contributed by atoms with van der Waals surface area (Å²) in [7, 11) is 0.994. The number of hydrogen-bond acceptors (Lipinski definition) is 14. The molecular weight excluding hydrogens is 478 g/mol. The Bertz CT molecular complexity index is 990. The molecule has 0 spiro atoms. The van der Waals surface area contributed by atoms with Gasteiger partial charge in [0.1, 0.15) is 5.75 Å². The molecule has 0 aliphatic carbocycles. The Kier molecular flexibility index (Phi) is 9.04. The lowest BCUT2D eigenvalue weighted by molar-refractivity contribution is -0.384. The van der Waals surface area contributed by atoms with Crippen molar-refractivity contribution < 1.29 is 62.1 Å². The van der Waals surface area contributed by atoms with Crippen LogP contribution in [0, 0.1) is 10.1 Å². The van der Waals surface area contributed by atoms with Crippen molar-refractivity contribution in [1.82, 2.24) is 0 Å². The SMILES string of the molecule is COC(=O)[C@H]1O[C@@H](OC(=O)Oc2ccc([N+](=O)[O-])cc2)[C@H](OC(C)=O)[C@@H](OC(C)=O)[C@@H]1OC(C)=O. The molecule has 1 saturated heterocycles. The van der Waals surface area contributed by atoms with Crippen molar-refractivity contribution in [3.63, 3.8) is 0 Å². The molecule has 15 heteroatoms. The van der Waals surface area contributed by atoms with Gasteiger partial charge in [0.15, 0.2) is 18.3 Å². The van der Waals surface area contributed by atoms with E-state index in [1.165, 1.54) is 0 Å². The number of nitro benzene ring substituents is 1. The molecule has 2 rings (SSSR count). The predicted molar refractivity (Wildman–Crippen MR) is 108 cm³/mol. The molecule has 0 radical (unpaired) electrons. The Morgan fingerprint density at radius 2 is 1.34 bits per heavy atom. The van der Waals surface area contributed by atoms with Crippen molar-refractivity contribution in [2.24, 2.45) is 0 Å². The van der Waals surface area contributed by atoms with E-state index in [2.05, 4.69) is 4.74 Å². The Morgan fingerprint density at radius 1 is 0.829 bits per heavy atom. The molecule has 0 unspecified atom stereocenters. The van der Waals surface area contributed by atoms with Gasteiger partial charge in [-0.3, -0.25) is 24.5 Å². The first-order valence-electron chi connectivity index (χ1n) is 9.80. The third-order valence-electron chi connectivity index (χ3n) is 4.30. The van der Waals surface area contributed by atoms with E-state index in [9.17, 15) is 34.1 Å². The lowest BCUT2D eigenvalue weighted by atomic mass is 9.97. The Hall–Kier alpha value is -4.27. The molecule has 0 aromatic heterocycles. The van der Waals surface area contributed by atoms with Gasteiger partial charge < -0.3 is 33.2 Å². The molecule has 1 aliphatic rings. The van der Waals surface area contributed by atoms with E-state index in [-0.39, 0.29) is 11.4 Å². The van der Waals surface area contributed by atoms with Crippen molar-refractivity contribution in [2.75, 3.05) is 7.11 Å². The number of carbonyl (C=O) groups excluding carboxylic acids is 5. The lowest BCUT2D eigenvalue weighted by Gasteiger charge is -2.42. The molecule has 1 aromatic carbocycles. The molecule has 0 saturated carbocycles. The highest BCUT2D eigenvalue weighted by molar-refractivity contribution is 5.77. The molecule has 0 amide bonds. The quantitative estimate of drug-likeness (QED) is 0.168. The summed E-state index contributed by atoms with van der Waals surface area (Å²) in [5.41, 5.74) is -0.266. The van der Waals surface area contributed by atoms with Gasteiger partial charge in [0.2, 0.25) is 12.4 Å². The van der Waals surface area contributed by atoms with Gasteiger partial charge in [-0.1, -0.05) is 0 Å². The summed E-state index contributed by atoms with van der Waals surface area (Å²) in [5, 5.41) is 10.7. The molecule has 0 N–H and O–H groups in total. The minimum absolute atomic E-state index is 0.153. The summed E-state index contributed by atoms with van der Waals surface area (Å²) in [4.78, 5) is 69.8. The summed E-state index contributed by atoms with van der Waals surface area (Å²) >= 11 is 0. The zero-order valence-electron chi connectivity index (χ0n) is 18.9. The van der Waals surface area contributed by atoms with Crippen molar-refractivity contribution in [2.45, 2.75) is 51.5 Å². The van der Waals surface area contributed by atoms with Gasteiger partial charge in [-0.2, -0.15) is 0 Å². The highest BCUT2D eigenvalue weighted by Crippen LogP contribution is 2.30. The molecule has 1 aromatic rings. The Morgan fingerprint density at radius 3 is 1.83 bits per heavy atom. The van der Waals surface area contributed by atoms with Crippen LogP contribution < -0.4 is 4.74 Å². The number of non-ortho nitro benzene ring substituents is 1. The predicted octanol–water partition coefficient (Wildman–Crippen LogP) is 0.803. The van der Waals surface area contributed by atoms with Crippen molar-refractivity contribution >= 4 is 35.7 Å². The van der Waals surface area contributed by atoms with E-state index in [4.69, 9.17) is 28.4 Å². The second-order valence-corrected chi connectivity index (χ2v) is 6.89. The van der Waals surface area contributed by atoms with Crippen LogP contribution in [0.15, 0.2) is 24.3 Å². The second kappa shape index (κ2) is 11.7. The van der Waals surface area contributed by atoms with Gasteiger partial charge in [-0.25, -0.2) is 9.59 Å². The van der Waals surface area contributed by atoms with Gasteiger partial charge in [0.25, 0.3) is 5.69 Å². The number of esters is 4. The maximum atomic E-state index is 12.4. The van der Waals surface area contributed by atoms with E-state index in [0.29, 0.717) is 0 Å². The van der Waals surface area contributed by atoms with Gasteiger partial charge in [-0.15, -0.1) is 0 Å². The fraction of sp³-hybridized carbons (Fsp3) is 0.450. The standard InChI is InChI=1S/C20H21NO14/c1-9(22)30-14-15(31-10(2)23)17(32-11(3)24)19(34-16(14)18(25)29-4)35-20(26)33-13-7-5-12(6-8-13)21(27)28/h5-8,14-17,19H,1-4H3/t14-,15-,16-,17+,19-/m0/s1. The van der Waals surface area contributed by atoms with Crippen molar-refractivity contribution in [1.29, 1.82) is 0 Å². The molecule has 190 valence electrons. The number of nitrogens with zero attached hydrogens (tertiary/aromatic N) is 1. The summed E-state index contributed by atoms with van der Waals surface area (Å²) < 4.78 is 35.3. The minimum Gasteiger partial charge on any atom is -0.467 e. The fourth-order valence-corrected chi connectivity index (χ4v) is 3.03. The van der Waals surface area contributed by atoms with Crippen LogP contribution in [-0.4, -0.2) is 72.8 Å². The van der Waals surface area contributed by atoms with Gasteiger partial charge in [0.05, 0.1) is 12.0 Å². The van der Waals surface area contributed by atoms with Gasteiger partial charge in [-0.05, 0) is 12.1 Å². The number of carbonyl (C=O) groups is 5. The average Bonchev–Trinajstić information content (AvgIpc) is 2.76. The molecule has 0 bridgehead atoms. The average molecular weight is 499 g/mol. The topological polar surface area (TPSA) is 193 Å². The van der Waals surface area contributed by atoms with E-state index in [1.807, 2.05) is 0 Å². The van der Waals surface area contributed by atoms with Crippen LogP contribution in [0.5, 0.6) is 5.75 Å². The van der Waals surface area contributed by atoms with E-state index >= 15 is 0 Å². The van der Waals surface area contributed by atoms with Gasteiger partial charge >= 0.3 is 30.0 Å². The summed E-state index contributed by atoms with van der Waals surface area (Å²) in [6, 6.07) is 4.35. The van der Waals surface area contributed by atoms with Gasteiger partial charge in [0, 0.05) is 32.9 Å². The van der Waals surface area contributed by atoms with Crippen LogP contribution in [0.4, 0.5) is 10.5 Å². The van der Waals surface area contributed by atoms with Crippen LogP contribution in [0.3, 0.4) is 0 Å². The summed E-state index contributed by atoms with van der Waals surface area (Å²) in [6.07, 6.45) is -10.1. The van der Waals surface area contributed by atoms with Crippen LogP contribution in [0.1, 0.15) is 20.8 Å². The number of ether oxygens (including phenoxy) is 7. The number of rotatable bonds is 7. The molecule has 1 heterocycles. The molecule has 5 atom stereocenters. The van der Waals surface area contributed by atoms with Crippen molar-refractivity contribution in [3.8, 4) is 5.75 Å². The van der Waals surface area contributed by atoms with E-state index in [1.54, 1.807) is 0 Å². The first-order valence-corrected chi connectivity index (χ1v) is 9.80. The van der Waals surface area contributed by atoms with Crippen LogP contribution in [-0.2, 0) is 47.6 Å². The third kappa shape index (κ3) is 7.36. The monoisotopic (exact) mass is 499 g/mol. The van der Waals surface area contributed by atoms with Crippen LogP contribution in [0.25, 0.3) is 0 Å². The molecule has 1 aliphatic heterocycles. The number of methoxy groups -OCH3 is 1. The highest BCUT2D eigenvalue weighted by atomic mass is 16.8. The molecular formula is C20H21NO14. The Labute approximate surface area is 197 Å². The zero-order valence-corrected chi connectivity index (χ0v) is 18.9. The van der Waals surface area contributed by atoms with Crippen LogP contribution >= 0.6 is 0 Å². The van der Waals surface area contributed by atoms with Crippen LogP contribution in [0.2, 0.25) is 0 Å². The van der Waals surface area contributed by atoms with E-state index in [0.717, 1.165) is 52.1 Å². The molecule has 35 heavy (non-hydrogen) atoms. The number of nitro groups is 1. The summed E-state index contributed by atoms with van der Waals surface area (Å²) in [5.74, 6) is -3.98. The zero-order chi connectivity index (χ0) is 26.3. The maximum absolute atomic E-state index is 12.4. The largest absolute Gasteiger partial charge is 0.516 e. The number of benzene rings is 1. The third-order valence-corrected chi connectivity index (χ3v) is 4.30. The summed E-state index contributed by atoms with van der Waals surface area (Å²) in [6.45, 7) is 2.99. The lowest BCUT2D eigenvalue weighted by Crippen LogP contribution is -2.64.